The number of rotatable bonds is 4. The number of halogens is 2. The predicted octanol–water partition coefficient (Wildman–Crippen LogP) is 3.94. The van der Waals surface area contributed by atoms with Gasteiger partial charge < -0.3 is 10.6 Å². The fourth-order valence-electron chi connectivity index (χ4n) is 1.91. The van der Waals surface area contributed by atoms with Crippen molar-refractivity contribution in [3.63, 3.8) is 0 Å². The molecule has 1 aromatic heterocycles. The van der Waals surface area contributed by atoms with Crippen molar-refractivity contribution < 1.29 is 4.79 Å². The van der Waals surface area contributed by atoms with Gasteiger partial charge in [-0.1, -0.05) is 37.0 Å². The Bertz CT molecular complexity index is 671. The number of hydrogen-bond acceptors (Lipinski definition) is 3. The maximum Gasteiger partial charge on any atom is 0.319 e. The number of H-pyrrole nitrogens is 1. The Morgan fingerprint density at radius 1 is 1.27 bits per heavy atom. The van der Waals surface area contributed by atoms with E-state index in [2.05, 4.69) is 25.8 Å². The third-order valence-corrected chi connectivity index (χ3v) is 3.76. The zero-order valence-electron chi connectivity index (χ0n) is 12.4. The smallest absolute Gasteiger partial charge is 0.319 e. The molecule has 3 N–H and O–H groups in total. The van der Waals surface area contributed by atoms with Gasteiger partial charge in [0, 0.05) is 5.69 Å². The third kappa shape index (κ3) is 4.11. The molecule has 2 rings (SSSR count). The average molecular weight is 342 g/mol. The first-order chi connectivity index (χ1) is 10.4. The zero-order chi connectivity index (χ0) is 16.3. The van der Waals surface area contributed by atoms with Crippen molar-refractivity contribution in [2.24, 2.45) is 5.92 Å². The number of anilines is 1. The second-order valence-corrected chi connectivity index (χ2v) is 6.04. The predicted molar refractivity (Wildman–Crippen MR) is 87.3 cm³/mol. The summed E-state index contributed by atoms with van der Waals surface area (Å²) >= 11 is 11.8. The number of amides is 2. The summed E-state index contributed by atoms with van der Waals surface area (Å²) in [5.74, 6) is 1.39. The van der Waals surface area contributed by atoms with E-state index in [1.807, 2.05) is 20.8 Å². The highest BCUT2D eigenvalue weighted by molar-refractivity contribution is 6.42. The quantitative estimate of drug-likeness (QED) is 0.787. The van der Waals surface area contributed by atoms with Gasteiger partial charge in [-0.2, -0.15) is 5.10 Å². The van der Waals surface area contributed by atoms with Crippen molar-refractivity contribution in [2.75, 3.05) is 5.32 Å². The van der Waals surface area contributed by atoms with Crippen molar-refractivity contribution in [2.45, 2.75) is 26.8 Å². The fraction of sp³-hybridized carbons (Fsp3) is 0.357. The lowest BCUT2D eigenvalue weighted by Crippen LogP contribution is -2.35. The molecular formula is C14H17Cl2N5O. The lowest BCUT2D eigenvalue weighted by Gasteiger charge is -2.19. The summed E-state index contributed by atoms with van der Waals surface area (Å²) in [7, 11) is 0. The number of aromatic nitrogens is 3. The first-order valence-electron chi connectivity index (χ1n) is 6.78. The van der Waals surface area contributed by atoms with Crippen LogP contribution in [0.5, 0.6) is 0 Å². The van der Waals surface area contributed by atoms with E-state index in [0.717, 1.165) is 0 Å². The topological polar surface area (TPSA) is 82.7 Å². The molecule has 2 aromatic rings. The molecule has 0 aliphatic heterocycles. The molecule has 1 atom stereocenters. The summed E-state index contributed by atoms with van der Waals surface area (Å²) in [4.78, 5) is 16.4. The molecule has 8 heteroatoms. The molecule has 1 aromatic carbocycles. The molecule has 22 heavy (non-hydrogen) atoms. The molecule has 6 nitrogen and oxygen atoms in total. The van der Waals surface area contributed by atoms with E-state index in [0.29, 0.717) is 27.4 Å². The monoisotopic (exact) mass is 341 g/mol. The highest BCUT2D eigenvalue weighted by Crippen LogP contribution is 2.25. The number of aromatic amines is 1. The van der Waals surface area contributed by atoms with Crippen LogP contribution in [0.15, 0.2) is 18.2 Å². The molecule has 0 saturated carbocycles. The number of aryl methyl sites for hydroxylation is 1. The van der Waals surface area contributed by atoms with E-state index in [1.54, 1.807) is 18.2 Å². The van der Waals surface area contributed by atoms with Gasteiger partial charge in [0.15, 0.2) is 5.82 Å². The molecule has 0 saturated heterocycles. The molecule has 0 fully saturated rings. The summed E-state index contributed by atoms with van der Waals surface area (Å²) in [5, 5.41) is 13.3. The van der Waals surface area contributed by atoms with Crippen LogP contribution in [-0.2, 0) is 0 Å². The van der Waals surface area contributed by atoms with Crippen LogP contribution in [0.25, 0.3) is 0 Å². The lowest BCUT2D eigenvalue weighted by molar-refractivity contribution is 0.244. The number of nitrogens with one attached hydrogen (secondary N) is 3. The van der Waals surface area contributed by atoms with Crippen LogP contribution in [0, 0.1) is 12.8 Å². The number of urea groups is 1. The van der Waals surface area contributed by atoms with E-state index in [1.165, 1.54) is 0 Å². The van der Waals surface area contributed by atoms with Gasteiger partial charge in [0.05, 0.1) is 16.1 Å². The second-order valence-electron chi connectivity index (χ2n) is 5.23. The summed E-state index contributed by atoms with van der Waals surface area (Å²) in [6.45, 7) is 5.77. The van der Waals surface area contributed by atoms with E-state index >= 15 is 0 Å². The van der Waals surface area contributed by atoms with E-state index in [9.17, 15) is 4.79 Å². The minimum atomic E-state index is -0.362. The number of hydrogen-bond donors (Lipinski definition) is 3. The molecular weight excluding hydrogens is 325 g/mol. The van der Waals surface area contributed by atoms with Crippen molar-refractivity contribution in [1.82, 2.24) is 20.5 Å². The van der Waals surface area contributed by atoms with Gasteiger partial charge in [0.2, 0.25) is 0 Å². The highest BCUT2D eigenvalue weighted by atomic mass is 35.5. The van der Waals surface area contributed by atoms with Crippen LogP contribution in [0.4, 0.5) is 10.5 Å². The minimum Gasteiger partial charge on any atom is -0.328 e. The van der Waals surface area contributed by atoms with E-state index in [4.69, 9.17) is 23.2 Å². The first-order valence-corrected chi connectivity index (χ1v) is 7.54. The van der Waals surface area contributed by atoms with Gasteiger partial charge in [-0.25, -0.2) is 9.78 Å². The molecule has 0 radical (unpaired) electrons. The number of carbonyl (C=O) groups is 1. The minimum absolute atomic E-state index is 0.134. The molecule has 118 valence electrons. The summed E-state index contributed by atoms with van der Waals surface area (Å²) in [6, 6.07) is 4.23. The van der Waals surface area contributed by atoms with Gasteiger partial charge >= 0.3 is 6.03 Å². The Labute approximate surface area is 138 Å². The van der Waals surface area contributed by atoms with Crippen molar-refractivity contribution in [3.8, 4) is 0 Å². The number of benzene rings is 1. The molecule has 0 aliphatic carbocycles. The average Bonchev–Trinajstić information content (AvgIpc) is 2.86. The zero-order valence-corrected chi connectivity index (χ0v) is 14.0. The van der Waals surface area contributed by atoms with Crippen LogP contribution in [0.1, 0.15) is 31.5 Å². The Hall–Kier alpha value is -1.79. The van der Waals surface area contributed by atoms with Crippen LogP contribution >= 0.6 is 23.2 Å². The standard InChI is InChI=1S/C14H17Cl2N5O/c1-7(2)12(13-17-8(3)20-21-13)19-14(22)18-9-4-5-10(15)11(16)6-9/h4-7,12H,1-3H3,(H,17,20,21)(H2,18,19,22)/t12-/m1/s1. The van der Waals surface area contributed by atoms with Crippen LogP contribution < -0.4 is 10.6 Å². The van der Waals surface area contributed by atoms with E-state index in [-0.39, 0.29) is 18.0 Å². The summed E-state index contributed by atoms with van der Waals surface area (Å²) < 4.78 is 0. The number of nitrogens with zero attached hydrogens (tertiary/aromatic N) is 2. The Morgan fingerprint density at radius 3 is 2.55 bits per heavy atom. The van der Waals surface area contributed by atoms with Gasteiger partial charge in [0.25, 0.3) is 0 Å². The van der Waals surface area contributed by atoms with Crippen molar-refractivity contribution in [3.05, 3.63) is 39.9 Å². The highest BCUT2D eigenvalue weighted by Gasteiger charge is 2.22. The Kier molecular flexibility index (Phi) is 5.26. The Balaban J connectivity index is 2.06. The fourth-order valence-corrected chi connectivity index (χ4v) is 2.21. The van der Waals surface area contributed by atoms with Crippen molar-refractivity contribution in [1.29, 1.82) is 0 Å². The van der Waals surface area contributed by atoms with Crippen molar-refractivity contribution >= 4 is 34.9 Å². The maximum atomic E-state index is 12.1. The van der Waals surface area contributed by atoms with E-state index < -0.39 is 0 Å². The largest absolute Gasteiger partial charge is 0.328 e. The molecule has 0 unspecified atom stereocenters. The number of carbonyl (C=O) groups excluding carboxylic acids is 1. The molecule has 0 spiro atoms. The summed E-state index contributed by atoms with van der Waals surface area (Å²) in [6.07, 6.45) is 0. The van der Waals surface area contributed by atoms with Gasteiger partial charge in [-0.3, -0.25) is 5.10 Å². The van der Waals surface area contributed by atoms with Gasteiger partial charge in [-0.05, 0) is 31.0 Å². The van der Waals surface area contributed by atoms with Crippen LogP contribution in [0.3, 0.4) is 0 Å². The molecule has 1 heterocycles. The maximum absolute atomic E-state index is 12.1. The molecule has 2 amide bonds. The molecule has 0 bridgehead atoms. The second kappa shape index (κ2) is 6.98. The van der Waals surface area contributed by atoms with Crippen LogP contribution in [0.2, 0.25) is 10.0 Å². The lowest BCUT2D eigenvalue weighted by atomic mass is 10.0. The third-order valence-electron chi connectivity index (χ3n) is 3.02. The van der Waals surface area contributed by atoms with Crippen LogP contribution in [-0.4, -0.2) is 21.2 Å². The summed E-state index contributed by atoms with van der Waals surface area (Å²) in [5.41, 5.74) is 0.556. The Morgan fingerprint density at radius 2 is 2.00 bits per heavy atom. The first kappa shape index (κ1) is 16.6. The SMILES string of the molecule is Cc1nc([C@H](NC(=O)Nc2ccc(Cl)c(Cl)c2)C(C)C)n[nH]1. The van der Waals surface area contributed by atoms with Gasteiger partial charge in [0.1, 0.15) is 5.82 Å². The normalized spacial score (nSPS) is 12.3. The molecule has 0 aliphatic rings. The van der Waals surface area contributed by atoms with Gasteiger partial charge in [-0.15, -0.1) is 0 Å².